The van der Waals surface area contributed by atoms with Crippen molar-refractivity contribution in [2.75, 3.05) is 25.6 Å². The zero-order chi connectivity index (χ0) is 12.0. The number of hydrogen-bond acceptors (Lipinski definition) is 4. The van der Waals surface area contributed by atoms with Crippen LogP contribution in [0.25, 0.3) is 0 Å². The molecule has 16 heavy (non-hydrogen) atoms. The van der Waals surface area contributed by atoms with Crippen LogP contribution in [0.4, 0.5) is 0 Å². The van der Waals surface area contributed by atoms with Crippen LogP contribution in [0.1, 0.15) is 12.2 Å². The average Bonchev–Trinajstić information content (AvgIpc) is 2.65. The SMILES string of the molecule is CSCCC(CN)N(C)Cc1nccn1C. The van der Waals surface area contributed by atoms with Crippen molar-refractivity contribution >= 4 is 11.8 Å². The highest BCUT2D eigenvalue weighted by Crippen LogP contribution is 2.09. The van der Waals surface area contributed by atoms with Crippen molar-refractivity contribution < 1.29 is 0 Å². The van der Waals surface area contributed by atoms with Gasteiger partial charge in [-0.25, -0.2) is 4.98 Å². The van der Waals surface area contributed by atoms with Gasteiger partial charge in [-0.15, -0.1) is 0 Å². The van der Waals surface area contributed by atoms with E-state index >= 15 is 0 Å². The van der Waals surface area contributed by atoms with Crippen molar-refractivity contribution in [3.63, 3.8) is 0 Å². The number of imidazole rings is 1. The van der Waals surface area contributed by atoms with Crippen molar-refractivity contribution in [1.29, 1.82) is 0 Å². The second kappa shape index (κ2) is 6.93. The molecule has 0 amide bonds. The number of hydrogen-bond donors (Lipinski definition) is 1. The predicted molar refractivity (Wildman–Crippen MR) is 70.5 cm³/mol. The molecule has 92 valence electrons. The van der Waals surface area contributed by atoms with Crippen LogP contribution in [-0.4, -0.2) is 46.1 Å². The predicted octanol–water partition coefficient (Wildman–Crippen LogP) is 0.932. The Hall–Kier alpha value is -0.520. The van der Waals surface area contributed by atoms with Gasteiger partial charge in [-0.3, -0.25) is 4.90 Å². The summed E-state index contributed by atoms with van der Waals surface area (Å²) in [6, 6.07) is 0.448. The molecule has 1 atom stereocenters. The molecule has 2 N–H and O–H groups in total. The Bertz CT molecular complexity index is 300. The molecule has 0 radical (unpaired) electrons. The maximum absolute atomic E-state index is 5.80. The zero-order valence-electron chi connectivity index (χ0n) is 10.4. The van der Waals surface area contributed by atoms with E-state index < -0.39 is 0 Å². The quantitative estimate of drug-likeness (QED) is 0.773. The van der Waals surface area contributed by atoms with Gasteiger partial charge in [-0.1, -0.05) is 0 Å². The molecule has 5 heteroatoms. The lowest BCUT2D eigenvalue weighted by Gasteiger charge is -2.26. The molecule has 0 aliphatic rings. The van der Waals surface area contributed by atoms with E-state index in [1.807, 2.05) is 31.2 Å². The molecule has 0 saturated carbocycles. The molecule has 1 aromatic rings. The van der Waals surface area contributed by atoms with Gasteiger partial charge in [0.2, 0.25) is 0 Å². The van der Waals surface area contributed by atoms with Crippen LogP contribution in [0.3, 0.4) is 0 Å². The third-order valence-electron chi connectivity index (χ3n) is 2.86. The molecule has 0 bridgehead atoms. The normalized spacial score (nSPS) is 13.3. The minimum atomic E-state index is 0.448. The van der Waals surface area contributed by atoms with E-state index in [1.54, 1.807) is 0 Å². The number of nitrogens with two attached hydrogens (primary N) is 1. The van der Waals surface area contributed by atoms with E-state index in [-0.39, 0.29) is 0 Å². The Balaban J connectivity index is 2.49. The van der Waals surface area contributed by atoms with Crippen LogP contribution in [0.5, 0.6) is 0 Å². The van der Waals surface area contributed by atoms with E-state index in [2.05, 4.69) is 27.8 Å². The summed E-state index contributed by atoms with van der Waals surface area (Å²) in [6.07, 6.45) is 7.08. The second-order valence-corrected chi connectivity index (χ2v) is 5.03. The molecule has 0 saturated heterocycles. The van der Waals surface area contributed by atoms with Gasteiger partial charge in [0.05, 0.1) is 6.54 Å². The maximum Gasteiger partial charge on any atom is 0.122 e. The van der Waals surface area contributed by atoms with Gasteiger partial charge in [0, 0.05) is 32.0 Å². The number of aryl methyl sites for hydroxylation is 1. The molecule has 4 nitrogen and oxygen atoms in total. The molecule has 0 aromatic carbocycles. The summed E-state index contributed by atoms with van der Waals surface area (Å²) in [5.41, 5.74) is 5.80. The van der Waals surface area contributed by atoms with Gasteiger partial charge >= 0.3 is 0 Å². The first kappa shape index (κ1) is 13.5. The van der Waals surface area contributed by atoms with E-state index in [9.17, 15) is 0 Å². The highest BCUT2D eigenvalue weighted by Gasteiger charge is 2.14. The standard InChI is InChI=1S/C11H22N4S/c1-14-6-5-13-11(14)9-15(2)10(8-12)4-7-16-3/h5-6,10H,4,7-9,12H2,1-3H3. The van der Waals surface area contributed by atoms with Crippen molar-refractivity contribution in [2.24, 2.45) is 12.8 Å². The summed E-state index contributed by atoms with van der Waals surface area (Å²) in [5.74, 6) is 2.25. The van der Waals surface area contributed by atoms with Gasteiger partial charge in [0.1, 0.15) is 5.82 Å². The molecule has 1 heterocycles. The van der Waals surface area contributed by atoms with Crippen molar-refractivity contribution in [3.8, 4) is 0 Å². The Morgan fingerprint density at radius 2 is 2.38 bits per heavy atom. The van der Waals surface area contributed by atoms with Crippen LogP contribution in [-0.2, 0) is 13.6 Å². The molecular weight excluding hydrogens is 220 g/mol. The van der Waals surface area contributed by atoms with E-state index in [0.717, 1.165) is 24.5 Å². The van der Waals surface area contributed by atoms with Crippen LogP contribution in [0.15, 0.2) is 12.4 Å². The van der Waals surface area contributed by atoms with E-state index in [1.165, 1.54) is 0 Å². The molecule has 1 rings (SSSR count). The van der Waals surface area contributed by atoms with Crippen LogP contribution in [0.2, 0.25) is 0 Å². The van der Waals surface area contributed by atoms with Gasteiger partial charge in [0.15, 0.2) is 0 Å². The summed E-state index contributed by atoms with van der Waals surface area (Å²) in [5, 5.41) is 0. The Morgan fingerprint density at radius 3 is 2.88 bits per heavy atom. The highest BCUT2D eigenvalue weighted by molar-refractivity contribution is 7.98. The minimum Gasteiger partial charge on any atom is -0.337 e. The third-order valence-corrected chi connectivity index (χ3v) is 3.51. The summed E-state index contributed by atoms with van der Waals surface area (Å²) in [6.45, 7) is 1.57. The van der Waals surface area contributed by atoms with Gasteiger partial charge in [-0.05, 0) is 25.5 Å². The summed E-state index contributed by atoms with van der Waals surface area (Å²) in [4.78, 5) is 6.62. The summed E-state index contributed by atoms with van der Waals surface area (Å²) < 4.78 is 2.05. The lowest BCUT2D eigenvalue weighted by atomic mass is 10.2. The number of nitrogens with zero attached hydrogens (tertiary/aromatic N) is 3. The monoisotopic (exact) mass is 242 g/mol. The first-order valence-corrected chi connectivity index (χ1v) is 6.93. The fraction of sp³-hybridized carbons (Fsp3) is 0.727. The molecule has 0 spiro atoms. The molecule has 0 aliphatic carbocycles. The van der Waals surface area contributed by atoms with Crippen molar-refractivity contribution in [2.45, 2.75) is 19.0 Å². The Kier molecular flexibility index (Phi) is 5.87. The lowest BCUT2D eigenvalue weighted by Crippen LogP contribution is -2.38. The van der Waals surface area contributed by atoms with Gasteiger partial charge < -0.3 is 10.3 Å². The topological polar surface area (TPSA) is 47.1 Å². The minimum absolute atomic E-state index is 0.448. The number of rotatable bonds is 7. The second-order valence-electron chi connectivity index (χ2n) is 4.04. The first-order chi connectivity index (χ1) is 7.69. The number of likely N-dealkylation sites (N-methyl/N-ethyl adjacent to an activating group) is 1. The molecule has 1 unspecified atom stereocenters. The van der Waals surface area contributed by atoms with Crippen LogP contribution >= 0.6 is 11.8 Å². The lowest BCUT2D eigenvalue weighted by molar-refractivity contribution is 0.226. The Labute approximate surface area is 102 Å². The average molecular weight is 242 g/mol. The van der Waals surface area contributed by atoms with E-state index in [0.29, 0.717) is 12.6 Å². The van der Waals surface area contributed by atoms with Crippen molar-refractivity contribution in [3.05, 3.63) is 18.2 Å². The fourth-order valence-corrected chi connectivity index (χ4v) is 2.18. The summed E-state index contributed by atoms with van der Waals surface area (Å²) in [7, 11) is 4.14. The van der Waals surface area contributed by atoms with Gasteiger partial charge in [-0.2, -0.15) is 11.8 Å². The van der Waals surface area contributed by atoms with Gasteiger partial charge in [0.25, 0.3) is 0 Å². The smallest absolute Gasteiger partial charge is 0.122 e. The largest absolute Gasteiger partial charge is 0.337 e. The Morgan fingerprint density at radius 1 is 1.62 bits per heavy atom. The molecule has 0 aliphatic heterocycles. The number of thioether (sulfide) groups is 1. The summed E-state index contributed by atoms with van der Waals surface area (Å²) >= 11 is 1.87. The third kappa shape index (κ3) is 3.81. The van der Waals surface area contributed by atoms with Crippen LogP contribution < -0.4 is 5.73 Å². The zero-order valence-corrected chi connectivity index (χ0v) is 11.2. The van der Waals surface area contributed by atoms with E-state index in [4.69, 9.17) is 5.73 Å². The first-order valence-electron chi connectivity index (χ1n) is 5.54. The van der Waals surface area contributed by atoms with Crippen molar-refractivity contribution in [1.82, 2.24) is 14.5 Å². The number of aromatic nitrogens is 2. The maximum atomic E-state index is 5.80. The fourth-order valence-electron chi connectivity index (χ4n) is 1.67. The molecular formula is C11H22N4S. The molecule has 1 aromatic heterocycles. The van der Waals surface area contributed by atoms with Crippen LogP contribution in [0, 0.1) is 0 Å². The molecule has 0 fully saturated rings. The highest BCUT2D eigenvalue weighted by atomic mass is 32.2.